The van der Waals surface area contributed by atoms with E-state index in [9.17, 15) is 13.2 Å². The Bertz CT molecular complexity index is 574. The van der Waals surface area contributed by atoms with Crippen LogP contribution in [-0.2, 0) is 19.4 Å². The SMILES string of the molecule is Cc1cc(NC(=O)[C@H](C)S(=O)(=O)C[C@H]2CCCO2)no1. The molecular weight excluding hydrogens is 284 g/mol. The summed E-state index contributed by atoms with van der Waals surface area (Å²) in [5, 5.41) is 4.88. The highest BCUT2D eigenvalue weighted by molar-refractivity contribution is 7.92. The van der Waals surface area contributed by atoms with Crippen molar-refractivity contribution in [3.63, 3.8) is 0 Å². The Hall–Kier alpha value is -1.41. The summed E-state index contributed by atoms with van der Waals surface area (Å²) < 4.78 is 34.4. The molecule has 0 aromatic carbocycles. The first kappa shape index (κ1) is 15.0. The Morgan fingerprint density at radius 2 is 2.35 bits per heavy atom. The van der Waals surface area contributed by atoms with Crippen molar-refractivity contribution < 1.29 is 22.5 Å². The van der Waals surface area contributed by atoms with Crippen molar-refractivity contribution in [2.45, 2.75) is 38.0 Å². The number of rotatable bonds is 5. The number of anilines is 1. The van der Waals surface area contributed by atoms with Crippen molar-refractivity contribution in [1.29, 1.82) is 0 Å². The topological polar surface area (TPSA) is 98.5 Å². The number of hydrogen-bond acceptors (Lipinski definition) is 6. The van der Waals surface area contributed by atoms with Crippen LogP contribution in [0.15, 0.2) is 10.6 Å². The van der Waals surface area contributed by atoms with Crippen molar-refractivity contribution in [2.75, 3.05) is 17.7 Å². The molecule has 0 radical (unpaired) electrons. The summed E-state index contributed by atoms with van der Waals surface area (Å²) >= 11 is 0. The van der Waals surface area contributed by atoms with Gasteiger partial charge in [-0.25, -0.2) is 8.42 Å². The van der Waals surface area contributed by atoms with Gasteiger partial charge in [-0.1, -0.05) is 5.16 Å². The van der Waals surface area contributed by atoms with Gasteiger partial charge in [0.1, 0.15) is 11.0 Å². The van der Waals surface area contributed by atoms with E-state index < -0.39 is 21.0 Å². The molecule has 2 rings (SSSR count). The van der Waals surface area contributed by atoms with Gasteiger partial charge in [0, 0.05) is 12.7 Å². The maximum Gasteiger partial charge on any atom is 0.243 e. The Balaban J connectivity index is 1.97. The standard InChI is InChI=1S/C12H18N2O5S/c1-8-6-11(14-19-8)13-12(15)9(2)20(16,17)7-10-4-3-5-18-10/h6,9-10H,3-5,7H2,1-2H3,(H,13,14,15)/t9-,10+/m0/s1. The number of aromatic nitrogens is 1. The molecule has 1 aromatic heterocycles. The zero-order valence-corrected chi connectivity index (χ0v) is 12.3. The normalized spacial score (nSPS) is 20.8. The van der Waals surface area contributed by atoms with Gasteiger partial charge in [0.2, 0.25) is 5.91 Å². The van der Waals surface area contributed by atoms with Crippen molar-refractivity contribution in [1.82, 2.24) is 5.16 Å². The highest BCUT2D eigenvalue weighted by Crippen LogP contribution is 2.17. The van der Waals surface area contributed by atoms with Crippen molar-refractivity contribution in [3.05, 3.63) is 11.8 Å². The predicted octanol–water partition coefficient (Wildman–Crippen LogP) is 0.904. The lowest BCUT2D eigenvalue weighted by atomic mass is 10.3. The summed E-state index contributed by atoms with van der Waals surface area (Å²) in [5.41, 5.74) is 0. The summed E-state index contributed by atoms with van der Waals surface area (Å²) in [5.74, 6) is 0.0116. The second kappa shape index (κ2) is 5.92. The highest BCUT2D eigenvalue weighted by atomic mass is 32.2. The second-order valence-corrected chi connectivity index (χ2v) is 7.28. The number of amides is 1. The molecule has 0 aliphatic carbocycles. The number of carbonyl (C=O) groups excluding carboxylic acids is 1. The van der Waals surface area contributed by atoms with E-state index in [0.717, 1.165) is 12.8 Å². The van der Waals surface area contributed by atoms with Gasteiger partial charge in [0.05, 0.1) is 11.9 Å². The Morgan fingerprint density at radius 1 is 1.60 bits per heavy atom. The number of ether oxygens (including phenoxy) is 1. The molecule has 1 aliphatic rings. The minimum Gasteiger partial charge on any atom is -0.377 e. The third-order valence-corrected chi connectivity index (χ3v) is 5.36. The van der Waals surface area contributed by atoms with Crippen LogP contribution in [0.4, 0.5) is 5.82 Å². The summed E-state index contributed by atoms with van der Waals surface area (Å²) in [6, 6.07) is 1.53. The monoisotopic (exact) mass is 302 g/mol. The number of carbonyl (C=O) groups is 1. The van der Waals surface area contributed by atoms with Crippen molar-refractivity contribution in [2.24, 2.45) is 0 Å². The van der Waals surface area contributed by atoms with Gasteiger partial charge in [0.15, 0.2) is 15.7 Å². The molecule has 7 nitrogen and oxygen atoms in total. The third kappa shape index (κ3) is 3.57. The molecule has 0 saturated carbocycles. The molecule has 2 atom stereocenters. The quantitative estimate of drug-likeness (QED) is 0.868. The molecular formula is C12H18N2O5S. The lowest BCUT2D eigenvalue weighted by Gasteiger charge is -2.15. The minimum absolute atomic E-state index is 0.126. The van der Waals surface area contributed by atoms with Crippen LogP contribution in [0.5, 0.6) is 0 Å². The van der Waals surface area contributed by atoms with Crippen LogP contribution in [0, 0.1) is 6.92 Å². The van der Waals surface area contributed by atoms with E-state index in [1.54, 1.807) is 6.92 Å². The fourth-order valence-corrected chi connectivity index (χ4v) is 3.45. The molecule has 1 aromatic rings. The Morgan fingerprint density at radius 3 is 2.90 bits per heavy atom. The molecule has 1 fully saturated rings. The lowest BCUT2D eigenvalue weighted by molar-refractivity contribution is -0.115. The van der Waals surface area contributed by atoms with Crippen LogP contribution < -0.4 is 5.32 Å². The molecule has 112 valence electrons. The Kier molecular flexibility index (Phi) is 4.44. The van der Waals surface area contributed by atoms with Gasteiger partial charge < -0.3 is 14.6 Å². The van der Waals surface area contributed by atoms with E-state index in [2.05, 4.69) is 10.5 Å². The number of aryl methyl sites for hydroxylation is 1. The van der Waals surface area contributed by atoms with Crippen LogP contribution in [0.3, 0.4) is 0 Å². The largest absolute Gasteiger partial charge is 0.377 e. The van der Waals surface area contributed by atoms with E-state index in [4.69, 9.17) is 9.26 Å². The van der Waals surface area contributed by atoms with Crippen LogP contribution in [0.25, 0.3) is 0 Å². The van der Waals surface area contributed by atoms with Gasteiger partial charge >= 0.3 is 0 Å². The number of nitrogens with one attached hydrogen (secondary N) is 1. The average molecular weight is 302 g/mol. The molecule has 20 heavy (non-hydrogen) atoms. The molecule has 0 bridgehead atoms. The van der Waals surface area contributed by atoms with Crippen LogP contribution in [0.2, 0.25) is 0 Å². The van der Waals surface area contributed by atoms with E-state index in [-0.39, 0.29) is 17.7 Å². The zero-order chi connectivity index (χ0) is 14.8. The summed E-state index contributed by atoms with van der Waals surface area (Å²) in [6.07, 6.45) is 1.28. The summed E-state index contributed by atoms with van der Waals surface area (Å²) in [4.78, 5) is 11.9. The molecule has 1 aliphatic heterocycles. The number of hydrogen-bond donors (Lipinski definition) is 1. The molecule has 8 heteroatoms. The smallest absolute Gasteiger partial charge is 0.243 e. The molecule has 1 N–H and O–H groups in total. The van der Waals surface area contributed by atoms with Crippen molar-refractivity contribution >= 4 is 21.6 Å². The van der Waals surface area contributed by atoms with Crippen LogP contribution in [0.1, 0.15) is 25.5 Å². The average Bonchev–Trinajstić information content (AvgIpc) is 3.00. The maximum atomic E-state index is 12.1. The predicted molar refractivity (Wildman–Crippen MR) is 72.1 cm³/mol. The molecule has 0 unspecified atom stereocenters. The molecule has 0 spiro atoms. The first-order valence-corrected chi connectivity index (χ1v) is 8.17. The van der Waals surface area contributed by atoms with E-state index in [1.165, 1.54) is 13.0 Å². The number of sulfone groups is 1. The summed E-state index contributed by atoms with van der Waals surface area (Å²) in [7, 11) is -3.55. The minimum atomic E-state index is -3.55. The van der Waals surface area contributed by atoms with E-state index in [0.29, 0.717) is 12.4 Å². The van der Waals surface area contributed by atoms with Gasteiger partial charge in [-0.05, 0) is 26.7 Å². The highest BCUT2D eigenvalue weighted by Gasteiger charge is 2.32. The lowest BCUT2D eigenvalue weighted by Crippen LogP contribution is -2.37. The van der Waals surface area contributed by atoms with Crippen LogP contribution in [-0.4, -0.2) is 43.2 Å². The van der Waals surface area contributed by atoms with Gasteiger partial charge in [-0.2, -0.15) is 0 Å². The van der Waals surface area contributed by atoms with Gasteiger partial charge in [-0.15, -0.1) is 0 Å². The van der Waals surface area contributed by atoms with Crippen molar-refractivity contribution in [3.8, 4) is 0 Å². The fraction of sp³-hybridized carbons (Fsp3) is 0.667. The van der Waals surface area contributed by atoms with E-state index in [1.807, 2.05) is 0 Å². The number of nitrogens with zero attached hydrogens (tertiary/aromatic N) is 1. The first-order chi connectivity index (χ1) is 9.38. The molecule has 2 heterocycles. The fourth-order valence-electron chi connectivity index (χ4n) is 2.00. The second-order valence-electron chi connectivity index (χ2n) is 4.92. The zero-order valence-electron chi connectivity index (χ0n) is 11.5. The summed E-state index contributed by atoms with van der Waals surface area (Å²) in [6.45, 7) is 3.63. The van der Waals surface area contributed by atoms with Crippen LogP contribution >= 0.6 is 0 Å². The third-order valence-electron chi connectivity index (χ3n) is 3.23. The maximum absolute atomic E-state index is 12.1. The first-order valence-electron chi connectivity index (χ1n) is 6.46. The van der Waals surface area contributed by atoms with E-state index >= 15 is 0 Å². The molecule has 1 saturated heterocycles. The Labute approximate surface area is 117 Å². The van der Waals surface area contributed by atoms with Gasteiger partial charge in [0.25, 0.3) is 0 Å². The molecule has 1 amide bonds. The van der Waals surface area contributed by atoms with Gasteiger partial charge in [-0.3, -0.25) is 4.79 Å².